The van der Waals surface area contributed by atoms with Crippen molar-refractivity contribution >= 4 is 28.5 Å². The van der Waals surface area contributed by atoms with Crippen LogP contribution in [0.5, 0.6) is 0 Å². The molecule has 3 aromatic rings. The number of fused-ring (bicyclic) bond motifs is 1. The Morgan fingerprint density at radius 3 is 2.67 bits per heavy atom. The van der Waals surface area contributed by atoms with Gasteiger partial charge in [0, 0.05) is 16.5 Å². The number of ether oxygens (including phenoxy) is 1. The normalized spacial score (nSPS) is 30.3. The molecule has 2 aromatic heterocycles. The van der Waals surface area contributed by atoms with Crippen LogP contribution in [0.1, 0.15) is 60.3 Å². The highest BCUT2D eigenvalue weighted by Gasteiger charge is 2.72. The lowest BCUT2D eigenvalue weighted by Gasteiger charge is -2.68. The Bertz CT molecular complexity index is 1250. The average molecular weight is 480 g/mol. The van der Waals surface area contributed by atoms with Gasteiger partial charge in [-0.05, 0) is 50.3 Å². The van der Waals surface area contributed by atoms with Crippen LogP contribution in [0.2, 0.25) is 5.02 Å². The first-order valence-electron chi connectivity index (χ1n) is 10.5. The fourth-order valence-electron chi connectivity index (χ4n) is 5.21. The van der Waals surface area contributed by atoms with Crippen LogP contribution in [0.4, 0.5) is 13.2 Å². The van der Waals surface area contributed by atoms with E-state index in [2.05, 4.69) is 30.2 Å². The molecule has 1 aromatic carbocycles. The number of carbonyl (C=O) groups is 1. The minimum absolute atomic E-state index is 0.202. The second kappa shape index (κ2) is 6.86. The van der Waals surface area contributed by atoms with E-state index >= 15 is 0 Å². The number of amides is 1. The van der Waals surface area contributed by atoms with E-state index in [1.54, 1.807) is 18.2 Å². The molecule has 1 N–H and O–H groups in total. The smallest absolute Gasteiger partial charge is 0.424 e. The van der Waals surface area contributed by atoms with Crippen LogP contribution in [0.25, 0.3) is 11.0 Å². The van der Waals surface area contributed by atoms with Gasteiger partial charge in [0.25, 0.3) is 5.91 Å². The lowest BCUT2D eigenvalue weighted by Crippen LogP contribution is -2.76. The summed E-state index contributed by atoms with van der Waals surface area (Å²) in [6, 6.07) is 5.09. The number of halogens is 4. The van der Waals surface area contributed by atoms with Crippen molar-refractivity contribution in [2.75, 3.05) is 0 Å². The first kappa shape index (κ1) is 20.8. The molecule has 0 atom stereocenters. The van der Waals surface area contributed by atoms with Crippen molar-refractivity contribution in [1.82, 2.24) is 25.5 Å². The van der Waals surface area contributed by atoms with Crippen LogP contribution in [0.3, 0.4) is 0 Å². The van der Waals surface area contributed by atoms with Crippen molar-refractivity contribution in [3.63, 3.8) is 0 Å². The van der Waals surface area contributed by atoms with E-state index in [4.69, 9.17) is 16.0 Å². The number of nitrogens with zero attached hydrogens (tertiary/aromatic N) is 4. The Kier molecular flexibility index (Phi) is 4.32. The predicted molar refractivity (Wildman–Crippen MR) is 107 cm³/mol. The second-order valence-corrected chi connectivity index (χ2v) is 9.67. The Labute approximate surface area is 189 Å². The third-order valence-corrected chi connectivity index (χ3v) is 7.02. The maximum absolute atomic E-state index is 12.7. The number of hydrogen-bond donors (Lipinski definition) is 1. The highest BCUT2D eigenvalue weighted by atomic mass is 35.5. The summed E-state index contributed by atoms with van der Waals surface area (Å²) in [5, 5.41) is 11.8. The third kappa shape index (κ3) is 3.54. The number of alkyl halides is 3. The average Bonchev–Trinajstić information content (AvgIpc) is 3.13. The topological polar surface area (TPSA) is 103 Å². The van der Waals surface area contributed by atoms with Crippen molar-refractivity contribution in [2.45, 2.75) is 61.4 Å². The quantitative estimate of drug-likeness (QED) is 0.588. The van der Waals surface area contributed by atoms with Crippen LogP contribution in [-0.4, -0.2) is 44.1 Å². The summed E-state index contributed by atoms with van der Waals surface area (Å²) < 4.78 is 46.6. The van der Waals surface area contributed by atoms with E-state index in [0.29, 0.717) is 47.1 Å². The largest absolute Gasteiger partial charge is 0.522 e. The SMILES string of the molecule is O=C(NC12CC(c3nnc(C4CC(OC(F)(F)F)C4)o3)(C1)C2)c1cnc2cc(Cl)ccc2n1. The molecule has 4 fully saturated rings. The van der Waals surface area contributed by atoms with Gasteiger partial charge in [0.15, 0.2) is 0 Å². The summed E-state index contributed by atoms with van der Waals surface area (Å²) in [4.78, 5) is 21.3. The molecule has 12 heteroatoms. The summed E-state index contributed by atoms with van der Waals surface area (Å²) >= 11 is 5.95. The summed E-state index contributed by atoms with van der Waals surface area (Å²) in [5.41, 5.74) is 0.793. The van der Waals surface area contributed by atoms with Crippen LogP contribution in [0, 0.1) is 0 Å². The molecule has 2 heterocycles. The molecule has 0 aliphatic heterocycles. The number of aromatic nitrogens is 4. The highest BCUT2D eigenvalue weighted by molar-refractivity contribution is 6.31. The molecule has 4 saturated carbocycles. The summed E-state index contributed by atoms with van der Waals surface area (Å²) in [7, 11) is 0. The van der Waals surface area contributed by atoms with Crippen molar-refractivity contribution < 1.29 is 27.1 Å². The molecule has 4 aliphatic carbocycles. The predicted octanol–water partition coefficient (Wildman–Crippen LogP) is 4.05. The zero-order valence-electron chi connectivity index (χ0n) is 17.0. The van der Waals surface area contributed by atoms with Gasteiger partial charge in [-0.1, -0.05) is 11.6 Å². The molecule has 0 radical (unpaired) electrons. The first-order valence-corrected chi connectivity index (χ1v) is 10.8. The number of hydrogen-bond acceptors (Lipinski definition) is 7. The van der Waals surface area contributed by atoms with Crippen molar-refractivity contribution in [2.24, 2.45) is 0 Å². The third-order valence-electron chi connectivity index (χ3n) is 6.78. The summed E-state index contributed by atoms with van der Waals surface area (Å²) in [6.45, 7) is 0. The van der Waals surface area contributed by atoms with E-state index in [-0.39, 0.29) is 41.3 Å². The van der Waals surface area contributed by atoms with Crippen molar-refractivity contribution in [3.05, 3.63) is 46.9 Å². The van der Waals surface area contributed by atoms with E-state index in [1.807, 2.05) is 0 Å². The number of nitrogens with one attached hydrogen (secondary N) is 1. The lowest BCUT2D eigenvalue weighted by molar-refractivity contribution is -0.352. The zero-order chi connectivity index (χ0) is 23.0. The molecular weight excluding hydrogens is 463 g/mol. The zero-order valence-corrected chi connectivity index (χ0v) is 17.8. The fraction of sp³-hybridized carbons (Fsp3) is 0.476. The van der Waals surface area contributed by atoms with E-state index in [0.717, 1.165) is 0 Å². The Hall–Kier alpha value is -2.79. The standard InChI is InChI=1S/C21H17ClF3N5O3/c22-11-1-2-13-14(5-11)26-6-15(27-13)16(31)28-20-7-19(8-20,9-20)18-30-29-17(32-18)10-3-12(4-10)33-21(23,24)25/h1-2,5-6,10,12H,3-4,7-9H2,(H,28,31). The van der Waals surface area contributed by atoms with Crippen LogP contribution >= 0.6 is 11.6 Å². The van der Waals surface area contributed by atoms with Gasteiger partial charge in [-0.3, -0.25) is 14.5 Å². The Morgan fingerprint density at radius 1 is 1.18 bits per heavy atom. The van der Waals surface area contributed by atoms with Gasteiger partial charge in [0.05, 0.1) is 28.7 Å². The number of carbonyl (C=O) groups excluding carboxylic acids is 1. The molecule has 0 spiro atoms. The molecule has 0 saturated heterocycles. The Balaban J connectivity index is 1.06. The molecule has 4 aliphatic rings. The number of rotatable bonds is 5. The molecule has 0 unspecified atom stereocenters. The minimum Gasteiger partial charge on any atom is -0.424 e. The number of benzene rings is 1. The monoisotopic (exact) mass is 479 g/mol. The van der Waals surface area contributed by atoms with Gasteiger partial charge in [0.1, 0.15) is 5.69 Å². The van der Waals surface area contributed by atoms with Crippen molar-refractivity contribution in [3.8, 4) is 0 Å². The molecule has 8 nitrogen and oxygen atoms in total. The van der Waals surface area contributed by atoms with Gasteiger partial charge < -0.3 is 9.73 Å². The Morgan fingerprint density at radius 2 is 1.94 bits per heavy atom. The maximum Gasteiger partial charge on any atom is 0.522 e. The van der Waals surface area contributed by atoms with Gasteiger partial charge in [0.2, 0.25) is 11.8 Å². The van der Waals surface area contributed by atoms with Crippen LogP contribution < -0.4 is 5.32 Å². The lowest BCUT2D eigenvalue weighted by atomic mass is 9.39. The van der Waals surface area contributed by atoms with E-state index in [1.165, 1.54) is 6.20 Å². The maximum atomic E-state index is 12.7. The molecule has 2 bridgehead atoms. The minimum atomic E-state index is -4.63. The van der Waals surface area contributed by atoms with Crippen molar-refractivity contribution in [1.29, 1.82) is 0 Å². The fourth-order valence-corrected chi connectivity index (χ4v) is 5.38. The summed E-state index contributed by atoms with van der Waals surface area (Å²) in [6.07, 6.45) is -1.69. The molecule has 7 rings (SSSR count). The molecule has 172 valence electrons. The van der Waals surface area contributed by atoms with E-state index in [9.17, 15) is 18.0 Å². The molecular formula is C21H17ClF3N5O3. The van der Waals surface area contributed by atoms with Crippen LogP contribution in [-0.2, 0) is 10.2 Å². The van der Waals surface area contributed by atoms with Gasteiger partial charge in [-0.15, -0.1) is 23.4 Å². The first-order chi connectivity index (χ1) is 15.6. The van der Waals surface area contributed by atoms with Gasteiger partial charge >= 0.3 is 6.36 Å². The van der Waals surface area contributed by atoms with E-state index < -0.39 is 12.5 Å². The van der Waals surface area contributed by atoms with Gasteiger partial charge in [-0.25, -0.2) is 4.98 Å². The van der Waals surface area contributed by atoms with Crippen LogP contribution in [0.15, 0.2) is 28.8 Å². The molecule has 33 heavy (non-hydrogen) atoms. The van der Waals surface area contributed by atoms with Gasteiger partial charge in [-0.2, -0.15) is 0 Å². The summed E-state index contributed by atoms with van der Waals surface area (Å²) in [5.74, 6) is 0.308. The second-order valence-electron chi connectivity index (χ2n) is 9.23. The highest BCUT2D eigenvalue weighted by Crippen LogP contribution is 2.67. The molecule has 1 amide bonds.